The van der Waals surface area contributed by atoms with E-state index < -0.39 is 17.9 Å². The molecule has 1 heterocycles. The van der Waals surface area contributed by atoms with E-state index in [2.05, 4.69) is 10.6 Å². The van der Waals surface area contributed by atoms with Gasteiger partial charge in [0.2, 0.25) is 11.8 Å². The van der Waals surface area contributed by atoms with Gasteiger partial charge in [0.25, 0.3) is 5.91 Å². The van der Waals surface area contributed by atoms with Crippen LogP contribution in [0.25, 0.3) is 0 Å². The topological polar surface area (TPSA) is 78.5 Å². The van der Waals surface area contributed by atoms with Gasteiger partial charge >= 0.3 is 0 Å². The Morgan fingerprint density at radius 3 is 2.76 bits per heavy atom. The third-order valence-corrected chi connectivity index (χ3v) is 3.58. The molecule has 0 aromatic heterocycles. The van der Waals surface area contributed by atoms with Crippen LogP contribution in [-0.4, -0.2) is 42.3 Å². The summed E-state index contributed by atoms with van der Waals surface area (Å²) in [5.74, 6) is -1.18. The van der Waals surface area contributed by atoms with Crippen molar-refractivity contribution in [3.05, 3.63) is 29.3 Å². The molecule has 0 radical (unpaired) electrons. The summed E-state index contributed by atoms with van der Waals surface area (Å²) in [6.07, 6.45) is 0.464. The Bertz CT molecular complexity index is 598. The fourth-order valence-electron chi connectivity index (χ4n) is 2.49. The van der Waals surface area contributed by atoms with Crippen LogP contribution in [0.4, 0.5) is 5.69 Å². The van der Waals surface area contributed by atoms with Crippen LogP contribution in [0, 0.1) is 6.92 Å². The molecule has 3 amide bonds. The van der Waals surface area contributed by atoms with Crippen molar-refractivity contribution in [2.75, 3.05) is 18.9 Å². The predicted octanol–water partition coefficient (Wildman–Crippen LogP) is 0.914. The molecule has 112 valence electrons. The van der Waals surface area contributed by atoms with Crippen molar-refractivity contribution in [3.8, 4) is 0 Å². The van der Waals surface area contributed by atoms with Crippen LogP contribution in [0.3, 0.4) is 0 Å². The number of carbonyl (C=O) groups is 3. The smallest absolute Gasteiger partial charge is 0.257 e. The molecule has 1 aliphatic rings. The van der Waals surface area contributed by atoms with Crippen molar-refractivity contribution >= 4 is 23.4 Å². The van der Waals surface area contributed by atoms with E-state index in [1.54, 1.807) is 13.1 Å². The van der Waals surface area contributed by atoms with Crippen LogP contribution in [0.1, 0.15) is 29.3 Å². The molecule has 0 aliphatic carbocycles. The lowest BCUT2D eigenvalue weighted by Crippen LogP contribution is -2.59. The molecular formula is C15H19N3O3. The number of anilines is 1. The largest absolute Gasteiger partial charge is 0.387 e. The Morgan fingerprint density at radius 1 is 1.43 bits per heavy atom. The van der Waals surface area contributed by atoms with Crippen LogP contribution in [0.2, 0.25) is 0 Å². The molecule has 1 atom stereocenters. The number of nitrogens with one attached hydrogen (secondary N) is 2. The molecule has 1 saturated heterocycles. The van der Waals surface area contributed by atoms with Gasteiger partial charge in [-0.25, -0.2) is 0 Å². The molecule has 6 nitrogen and oxygen atoms in total. The maximum atomic E-state index is 12.7. The summed E-state index contributed by atoms with van der Waals surface area (Å²) < 4.78 is 0. The fourth-order valence-corrected chi connectivity index (χ4v) is 2.49. The highest BCUT2D eigenvalue weighted by Gasteiger charge is 2.36. The van der Waals surface area contributed by atoms with Crippen molar-refractivity contribution in [3.63, 3.8) is 0 Å². The van der Waals surface area contributed by atoms with E-state index in [-0.39, 0.29) is 12.5 Å². The lowest BCUT2D eigenvalue weighted by Gasteiger charge is -2.33. The van der Waals surface area contributed by atoms with Gasteiger partial charge < -0.3 is 10.2 Å². The molecular weight excluding hydrogens is 270 g/mol. The van der Waals surface area contributed by atoms with E-state index in [1.807, 2.05) is 26.0 Å². The summed E-state index contributed by atoms with van der Waals surface area (Å²) in [5, 5.41) is 5.25. The summed E-state index contributed by atoms with van der Waals surface area (Å²) in [4.78, 5) is 37.4. The molecule has 0 saturated carbocycles. The molecule has 0 spiro atoms. The molecule has 2 N–H and O–H groups in total. The van der Waals surface area contributed by atoms with Crippen LogP contribution in [0.15, 0.2) is 18.2 Å². The van der Waals surface area contributed by atoms with Crippen molar-refractivity contribution < 1.29 is 14.4 Å². The molecule has 1 aromatic rings. The number of nitrogens with zero attached hydrogens (tertiary/aromatic N) is 1. The average Bonchev–Trinajstić information content (AvgIpc) is 2.45. The summed E-state index contributed by atoms with van der Waals surface area (Å²) >= 11 is 0. The first-order valence-corrected chi connectivity index (χ1v) is 6.91. The maximum absolute atomic E-state index is 12.7. The number of amides is 3. The predicted molar refractivity (Wildman–Crippen MR) is 79.0 cm³/mol. The van der Waals surface area contributed by atoms with Crippen LogP contribution in [0.5, 0.6) is 0 Å². The molecule has 21 heavy (non-hydrogen) atoms. The number of rotatable bonds is 3. The first-order valence-electron chi connectivity index (χ1n) is 6.91. The third-order valence-electron chi connectivity index (χ3n) is 3.58. The number of piperazine rings is 1. The summed E-state index contributed by atoms with van der Waals surface area (Å²) in [5.41, 5.74) is 2.17. The van der Waals surface area contributed by atoms with Crippen molar-refractivity contribution in [1.29, 1.82) is 0 Å². The number of benzene rings is 1. The number of imide groups is 1. The normalized spacial score (nSPS) is 18.4. The third kappa shape index (κ3) is 2.89. The molecule has 1 aliphatic heterocycles. The zero-order valence-electron chi connectivity index (χ0n) is 12.4. The minimum atomic E-state index is -0.610. The van der Waals surface area contributed by atoms with Crippen LogP contribution in [-0.2, 0) is 9.59 Å². The minimum Gasteiger partial charge on any atom is -0.387 e. The van der Waals surface area contributed by atoms with Gasteiger partial charge in [-0.3, -0.25) is 19.7 Å². The second kappa shape index (κ2) is 5.95. The van der Waals surface area contributed by atoms with Crippen molar-refractivity contribution in [2.45, 2.75) is 26.3 Å². The first-order chi connectivity index (χ1) is 9.97. The van der Waals surface area contributed by atoms with Crippen LogP contribution < -0.4 is 10.6 Å². The Balaban J connectivity index is 2.37. The standard InChI is InChI=1S/C15H19N3O3/c1-4-12-14(20)17-13(19)8-18(12)15(21)10-6-5-9(2)7-11(10)16-3/h5-7,12,16H,4,8H2,1-3H3,(H,17,19,20). The Hall–Kier alpha value is -2.37. The Morgan fingerprint density at radius 2 is 2.14 bits per heavy atom. The van der Waals surface area contributed by atoms with E-state index >= 15 is 0 Å². The van der Waals surface area contributed by atoms with E-state index in [4.69, 9.17) is 0 Å². The fraction of sp³-hybridized carbons (Fsp3) is 0.400. The van der Waals surface area contributed by atoms with Gasteiger partial charge in [-0.2, -0.15) is 0 Å². The van der Waals surface area contributed by atoms with Gasteiger partial charge in [0.15, 0.2) is 0 Å². The van der Waals surface area contributed by atoms with Crippen molar-refractivity contribution in [2.24, 2.45) is 0 Å². The summed E-state index contributed by atoms with van der Waals surface area (Å²) in [7, 11) is 1.73. The van der Waals surface area contributed by atoms with E-state index in [1.165, 1.54) is 4.90 Å². The minimum absolute atomic E-state index is 0.0971. The van der Waals surface area contributed by atoms with Gasteiger partial charge in [0.05, 0.1) is 5.56 Å². The molecule has 6 heteroatoms. The van der Waals surface area contributed by atoms with E-state index in [0.717, 1.165) is 5.56 Å². The quantitative estimate of drug-likeness (QED) is 0.811. The molecule has 0 bridgehead atoms. The first kappa shape index (κ1) is 15.0. The number of aryl methyl sites for hydroxylation is 1. The van der Waals surface area contributed by atoms with Gasteiger partial charge in [-0.05, 0) is 31.0 Å². The average molecular weight is 289 g/mol. The zero-order valence-corrected chi connectivity index (χ0v) is 12.4. The van der Waals surface area contributed by atoms with Gasteiger partial charge in [-0.1, -0.05) is 13.0 Å². The lowest BCUT2D eigenvalue weighted by atomic mass is 10.0. The monoisotopic (exact) mass is 289 g/mol. The second-order valence-corrected chi connectivity index (χ2v) is 5.07. The lowest BCUT2D eigenvalue weighted by molar-refractivity contribution is -0.138. The number of hydrogen-bond donors (Lipinski definition) is 2. The van der Waals surface area contributed by atoms with Gasteiger partial charge in [0.1, 0.15) is 12.6 Å². The van der Waals surface area contributed by atoms with Gasteiger partial charge in [-0.15, -0.1) is 0 Å². The van der Waals surface area contributed by atoms with Crippen LogP contribution >= 0.6 is 0 Å². The molecule has 1 fully saturated rings. The number of carbonyl (C=O) groups excluding carboxylic acids is 3. The van der Waals surface area contributed by atoms with Crippen molar-refractivity contribution in [1.82, 2.24) is 10.2 Å². The maximum Gasteiger partial charge on any atom is 0.257 e. The SMILES string of the molecule is CCC1C(=O)NC(=O)CN1C(=O)c1ccc(C)cc1NC. The van der Waals surface area contributed by atoms with Gasteiger partial charge in [0, 0.05) is 12.7 Å². The van der Waals surface area contributed by atoms with E-state index in [0.29, 0.717) is 17.7 Å². The highest BCUT2D eigenvalue weighted by atomic mass is 16.2. The van der Waals surface area contributed by atoms with E-state index in [9.17, 15) is 14.4 Å². The molecule has 1 aromatic carbocycles. The summed E-state index contributed by atoms with van der Waals surface area (Å²) in [6, 6.07) is 4.80. The molecule has 1 unspecified atom stereocenters. The Labute approximate surface area is 123 Å². The molecule has 2 rings (SSSR count). The zero-order chi connectivity index (χ0) is 15.6. The Kier molecular flexibility index (Phi) is 4.26. The highest BCUT2D eigenvalue weighted by Crippen LogP contribution is 2.21. The number of hydrogen-bond acceptors (Lipinski definition) is 4. The summed E-state index contributed by atoms with van der Waals surface area (Å²) in [6.45, 7) is 3.65. The highest BCUT2D eigenvalue weighted by molar-refractivity contribution is 6.08. The second-order valence-electron chi connectivity index (χ2n) is 5.07.